The summed E-state index contributed by atoms with van der Waals surface area (Å²) < 4.78 is 0. The van der Waals surface area contributed by atoms with Gasteiger partial charge >= 0.3 is 0 Å². The lowest BCUT2D eigenvalue weighted by Gasteiger charge is -2.06. The first-order valence-electron chi connectivity index (χ1n) is 7.57. The van der Waals surface area contributed by atoms with Crippen LogP contribution in [0.1, 0.15) is 17.0 Å². The SMILES string of the molecule is O=C(CCc1nc(-c2cccnc2)cs1)NCc1ccccc1Cl. The van der Waals surface area contributed by atoms with Crippen molar-refractivity contribution in [1.29, 1.82) is 0 Å². The van der Waals surface area contributed by atoms with Gasteiger partial charge in [0.05, 0.1) is 10.7 Å². The number of carbonyl (C=O) groups excluding carboxylic acids is 1. The van der Waals surface area contributed by atoms with Crippen LogP contribution in [0.2, 0.25) is 5.02 Å². The van der Waals surface area contributed by atoms with Gasteiger partial charge in [0, 0.05) is 47.7 Å². The molecule has 0 saturated heterocycles. The molecule has 1 N–H and O–H groups in total. The average Bonchev–Trinajstić information content (AvgIpc) is 3.09. The van der Waals surface area contributed by atoms with Crippen molar-refractivity contribution < 1.29 is 4.79 Å². The zero-order valence-electron chi connectivity index (χ0n) is 12.9. The molecule has 3 rings (SSSR count). The van der Waals surface area contributed by atoms with E-state index in [4.69, 9.17) is 11.6 Å². The minimum absolute atomic E-state index is 0.00644. The molecule has 1 aromatic carbocycles. The molecule has 2 aromatic heterocycles. The molecule has 0 aliphatic carbocycles. The van der Waals surface area contributed by atoms with Gasteiger partial charge in [0.1, 0.15) is 0 Å². The highest BCUT2D eigenvalue weighted by Gasteiger charge is 2.08. The number of rotatable bonds is 6. The molecule has 4 nitrogen and oxygen atoms in total. The normalized spacial score (nSPS) is 10.5. The maximum absolute atomic E-state index is 12.0. The van der Waals surface area contributed by atoms with Crippen LogP contribution in [-0.4, -0.2) is 15.9 Å². The van der Waals surface area contributed by atoms with Gasteiger partial charge in [-0.25, -0.2) is 4.98 Å². The summed E-state index contributed by atoms with van der Waals surface area (Å²) in [6.45, 7) is 0.442. The van der Waals surface area contributed by atoms with Gasteiger partial charge in [0.25, 0.3) is 0 Å². The van der Waals surface area contributed by atoms with Crippen LogP contribution in [0.15, 0.2) is 54.2 Å². The summed E-state index contributed by atoms with van der Waals surface area (Å²) in [6.07, 6.45) is 4.55. The van der Waals surface area contributed by atoms with Crippen LogP contribution in [0.3, 0.4) is 0 Å². The summed E-state index contributed by atoms with van der Waals surface area (Å²) in [6, 6.07) is 11.4. The summed E-state index contributed by atoms with van der Waals surface area (Å²) in [4.78, 5) is 20.6. The highest BCUT2D eigenvalue weighted by molar-refractivity contribution is 7.09. The van der Waals surface area contributed by atoms with Crippen molar-refractivity contribution in [2.45, 2.75) is 19.4 Å². The van der Waals surface area contributed by atoms with Crippen molar-refractivity contribution in [2.24, 2.45) is 0 Å². The molecule has 0 radical (unpaired) electrons. The third kappa shape index (κ3) is 4.40. The van der Waals surface area contributed by atoms with Crippen molar-refractivity contribution in [3.8, 4) is 11.3 Å². The molecular weight excluding hydrogens is 342 g/mol. The fourth-order valence-corrected chi connectivity index (χ4v) is 3.23. The number of carbonyl (C=O) groups is 1. The van der Waals surface area contributed by atoms with Gasteiger partial charge in [0.2, 0.25) is 5.91 Å². The van der Waals surface area contributed by atoms with Gasteiger partial charge in [-0.15, -0.1) is 11.3 Å². The maximum atomic E-state index is 12.0. The topological polar surface area (TPSA) is 54.9 Å². The number of halogens is 1. The van der Waals surface area contributed by atoms with Gasteiger partial charge in [0.15, 0.2) is 0 Å². The highest BCUT2D eigenvalue weighted by Crippen LogP contribution is 2.21. The largest absolute Gasteiger partial charge is 0.352 e. The van der Waals surface area contributed by atoms with Crippen LogP contribution in [0.4, 0.5) is 0 Å². The number of pyridine rings is 1. The first-order valence-corrected chi connectivity index (χ1v) is 8.83. The van der Waals surface area contributed by atoms with Crippen molar-refractivity contribution in [3.63, 3.8) is 0 Å². The molecule has 0 spiro atoms. The fourth-order valence-electron chi connectivity index (χ4n) is 2.22. The minimum atomic E-state index is -0.00644. The molecule has 122 valence electrons. The second-order valence-corrected chi connectivity index (χ2v) is 6.59. The van der Waals surface area contributed by atoms with Gasteiger partial charge < -0.3 is 5.32 Å². The Morgan fingerprint density at radius 2 is 2.08 bits per heavy atom. The maximum Gasteiger partial charge on any atom is 0.220 e. The first-order chi connectivity index (χ1) is 11.7. The second-order valence-electron chi connectivity index (χ2n) is 5.24. The molecule has 0 aliphatic rings. The molecule has 24 heavy (non-hydrogen) atoms. The minimum Gasteiger partial charge on any atom is -0.352 e. The Labute approximate surface area is 149 Å². The quantitative estimate of drug-likeness (QED) is 0.722. The Morgan fingerprint density at radius 1 is 1.21 bits per heavy atom. The van der Waals surface area contributed by atoms with Crippen molar-refractivity contribution in [1.82, 2.24) is 15.3 Å². The summed E-state index contributed by atoms with van der Waals surface area (Å²) in [5.74, 6) is -0.00644. The molecule has 2 heterocycles. The zero-order valence-corrected chi connectivity index (χ0v) is 14.5. The summed E-state index contributed by atoms with van der Waals surface area (Å²) in [5.41, 5.74) is 2.81. The van der Waals surface area contributed by atoms with Gasteiger partial charge in [-0.1, -0.05) is 29.8 Å². The van der Waals surface area contributed by atoms with E-state index in [1.807, 2.05) is 41.8 Å². The van der Waals surface area contributed by atoms with E-state index in [9.17, 15) is 4.79 Å². The lowest BCUT2D eigenvalue weighted by atomic mass is 10.2. The van der Waals surface area contributed by atoms with Crippen molar-refractivity contribution in [2.75, 3.05) is 0 Å². The van der Waals surface area contributed by atoms with E-state index in [1.54, 1.807) is 23.7 Å². The lowest BCUT2D eigenvalue weighted by molar-refractivity contribution is -0.121. The number of aromatic nitrogens is 2. The Bertz CT molecular complexity index is 820. The number of hydrogen-bond donors (Lipinski definition) is 1. The number of nitrogens with zero attached hydrogens (tertiary/aromatic N) is 2. The van der Waals surface area contributed by atoms with E-state index >= 15 is 0 Å². The number of hydrogen-bond acceptors (Lipinski definition) is 4. The van der Waals surface area contributed by atoms with E-state index < -0.39 is 0 Å². The number of amides is 1. The Kier molecular flexibility index (Phi) is 5.56. The van der Waals surface area contributed by atoms with E-state index in [0.717, 1.165) is 21.8 Å². The summed E-state index contributed by atoms with van der Waals surface area (Å²) in [5, 5.41) is 6.50. The predicted molar refractivity (Wildman–Crippen MR) is 97.0 cm³/mol. The molecule has 0 aliphatic heterocycles. The predicted octanol–water partition coefficient (Wildman–Crippen LogP) is 4.11. The molecular formula is C18H16ClN3OS. The van der Waals surface area contributed by atoms with Crippen LogP contribution in [0.5, 0.6) is 0 Å². The number of benzene rings is 1. The smallest absolute Gasteiger partial charge is 0.220 e. The Hall–Kier alpha value is -2.24. The molecule has 0 saturated carbocycles. The standard InChI is InChI=1S/C18H16ClN3OS/c19-15-6-2-1-4-13(15)11-21-17(23)7-8-18-22-16(12-24-18)14-5-3-9-20-10-14/h1-6,9-10,12H,7-8,11H2,(H,21,23). The second kappa shape index (κ2) is 8.04. The molecule has 0 fully saturated rings. The molecule has 0 bridgehead atoms. The number of thiazole rings is 1. The highest BCUT2D eigenvalue weighted by atomic mass is 35.5. The monoisotopic (exact) mass is 357 g/mol. The zero-order chi connectivity index (χ0) is 16.8. The van der Waals surface area contributed by atoms with Gasteiger partial charge in [-0.2, -0.15) is 0 Å². The molecule has 0 atom stereocenters. The summed E-state index contributed by atoms with van der Waals surface area (Å²) >= 11 is 7.64. The van der Waals surface area contributed by atoms with E-state index in [0.29, 0.717) is 24.4 Å². The van der Waals surface area contributed by atoms with E-state index in [1.165, 1.54) is 0 Å². The summed E-state index contributed by atoms with van der Waals surface area (Å²) in [7, 11) is 0. The third-order valence-electron chi connectivity index (χ3n) is 3.51. The van der Waals surface area contributed by atoms with Crippen molar-refractivity contribution in [3.05, 3.63) is 69.8 Å². The van der Waals surface area contributed by atoms with Gasteiger partial charge in [-0.05, 0) is 23.8 Å². The Balaban J connectivity index is 1.50. The number of aryl methyl sites for hydroxylation is 1. The van der Waals surface area contributed by atoms with Crippen LogP contribution in [0.25, 0.3) is 11.3 Å². The molecule has 1 amide bonds. The molecule has 6 heteroatoms. The molecule has 3 aromatic rings. The Morgan fingerprint density at radius 3 is 2.88 bits per heavy atom. The fraction of sp³-hybridized carbons (Fsp3) is 0.167. The van der Waals surface area contributed by atoms with Crippen LogP contribution < -0.4 is 5.32 Å². The van der Waals surface area contributed by atoms with Gasteiger partial charge in [-0.3, -0.25) is 9.78 Å². The van der Waals surface area contributed by atoms with Crippen LogP contribution >= 0.6 is 22.9 Å². The number of nitrogens with one attached hydrogen (secondary N) is 1. The molecule has 0 unspecified atom stereocenters. The van der Waals surface area contributed by atoms with Crippen molar-refractivity contribution >= 4 is 28.8 Å². The van der Waals surface area contributed by atoms with E-state index in [2.05, 4.69) is 15.3 Å². The van der Waals surface area contributed by atoms with E-state index in [-0.39, 0.29) is 5.91 Å². The van der Waals surface area contributed by atoms with Crippen LogP contribution in [0, 0.1) is 0 Å². The first kappa shape index (κ1) is 16.6. The third-order valence-corrected chi connectivity index (χ3v) is 4.79. The lowest BCUT2D eigenvalue weighted by Crippen LogP contribution is -2.23. The average molecular weight is 358 g/mol. The van der Waals surface area contributed by atoms with Crippen LogP contribution in [-0.2, 0) is 17.8 Å².